The number of nitrogens with zero attached hydrogens (tertiary/aromatic N) is 2. The maximum Gasteiger partial charge on any atom is 0.230 e. The lowest BCUT2D eigenvalue weighted by Crippen LogP contribution is -2.15. The molecule has 0 aromatic carbocycles. The van der Waals surface area contributed by atoms with Crippen LogP contribution < -0.4 is 20.7 Å². The largest absolute Gasteiger partial charge is 0.480 e. The van der Waals surface area contributed by atoms with Crippen LogP contribution in [0.1, 0.15) is 17.7 Å². The second kappa shape index (κ2) is 7.47. The Balaban J connectivity index is 2.46. The third-order valence-electron chi connectivity index (χ3n) is 2.32. The summed E-state index contributed by atoms with van der Waals surface area (Å²) >= 11 is 1.66. The highest BCUT2D eigenvalue weighted by Crippen LogP contribution is 2.30. The molecule has 17 heavy (non-hydrogen) atoms. The number of methoxy groups -OCH3 is 1. The molecule has 0 amide bonds. The van der Waals surface area contributed by atoms with Crippen molar-refractivity contribution in [3.63, 3.8) is 0 Å². The Hall–Kier alpha value is -0.850. The van der Waals surface area contributed by atoms with Crippen LogP contribution in [-0.4, -0.2) is 39.3 Å². The predicted molar refractivity (Wildman–Crippen MR) is 73.0 cm³/mol. The summed E-state index contributed by atoms with van der Waals surface area (Å²) in [4.78, 5) is 7.54. The molecule has 6 heteroatoms. The van der Waals surface area contributed by atoms with Crippen LogP contribution in [0.5, 0.6) is 5.88 Å². The molecule has 0 atom stereocenters. The zero-order valence-corrected chi connectivity index (χ0v) is 11.6. The number of ether oxygens (including phenoxy) is 1. The third kappa shape index (κ3) is 4.49. The maximum atomic E-state index is 5.44. The minimum Gasteiger partial charge on any atom is -0.480 e. The Kier molecular flexibility index (Phi) is 6.25. The number of hydrogen-bond donors (Lipinski definition) is 2. The van der Waals surface area contributed by atoms with Gasteiger partial charge in [0.05, 0.1) is 12.0 Å². The number of anilines is 1. The van der Waals surface area contributed by atoms with Gasteiger partial charge in [-0.05, 0) is 25.9 Å². The summed E-state index contributed by atoms with van der Waals surface area (Å²) in [6, 6.07) is 0. The fraction of sp³-hybridized carbons (Fsp3) is 0.727. The summed E-state index contributed by atoms with van der Waals surface area (Å²) in [6.45, 7) is 2.55. The molecule has 3 N–H and O–H groups in total. The zero-order valence-electron chi connectivity index (χ0n) is 10.8. The van der Waals surface area contributed by atoms with Crippen molar-refractivity contribution >= 4 is 16.5 Å². The average Bonchev–Trinajstić information content (AvgIpc) is 2.72. The summed E-state index contributed by atoms with van der Waals surface area (Å²) < 4.78 is 5.27. The van der Waals surface area contributed by atoms with Crippen LogP contribution in [0.2, 0.25) is 0 Å². The van der Waals surface area contributed by atoms with Gasteiger partial charge in [-0.3, -0.25) is 0 Å². The van der Waals surface area contributed by atoms with Crippen LogP contribution in [0.3, 0.4) is 0 Å². The van der Waals surface area contributed by atoms with E-state index in [-0.39, 0.29) is 0 Å². The third-order valence-corrected chi connectivity index (χ3v) is 3.52. The topological polar surface area (TPSA) is 63.4 Å². The molecule has 0 aliphatic rings. The lowest BCUT2D eigenvalue weighted by molar-refractivity contribution is 0.394. The summed E-state index contributed by atoms with van der Waals surface area (Å²) in [6.07, 6.45) is 2.17. The van der Waals surface area contributed by atoms with Crippen molar-refractivity contribution < 1.29 is 4.74 Å². The van der Waals surface area contributed by atoms with E-state index >= 15 is 0 Å². The fourth-order valence-corrected chi connectivity index (χ4v) is 2.31. The normalized spacial score (nSPS) is 10.6. The molecule has 1 aromatic rings. The Morgan fingerprint density at radius 3 is 2.76 bits per heavy atom. The highest BCUT2D eigenvalue weighted by atomic mass is 32.1. The monoisotopic (exact) mass is 258 g/mol. The van der Waals surface area contributed by atoms with Crippen molar-refractivity contribution in [2.45, 2.75) is 19.4 Å². The van der Waals surface area contributed by atoms with Crippen molar-refractivity contribution in [1.29, 1.82) is 0 Å². The molecule has 0 fully saturated rings. The number of aromatic nitrogens is 1. The van der Waals surface area contributed by atoms with Gasteiger partial charge in [0.2, 0.25) is 5.88 Å². The number of thiazole rings is 1. The fourth-order valence-electron chi connectivity index (χ4n) is 1.38. The molecule has 0 bridgehead atoms. The van der Waals surface area contributed by atoms with Crippen molar-refractivity contribution in [3.05, 3.63) is 4.88 Å². The molecule has 1 aromatic heterocycles. The summed E-state index contributed by atoms with van der Waals surface area (Å²) in [5, 5.41) is 4.35. The standard InChI is InChI=1S/C11H22N4OS/c1-15(2)11-14-10(16-3)9(17-11)8-13-7-5-4-6-12/h13H,4-8,12H2,1-3H3. The summed E-state index contributed by atoms with van der Waals surface area (Å²) in [7, 11) is 5.62. The van der Waals surface area contributed by atoms with Gasteiger partial charge in [-0.1, -0.05) is 11.3 Å². The number of unbranched alkanes of at least 4 members (excludes halogenated alkanes) is 1. The molecule has 0 saturated carbocycles. The van der Waals surface area contributed by atoms with E-state index in [1.54, 1.807) is 18.4 Å². The summed E-state index contributed by atoms with van der Waals surface area (Å²) in [5.41, 5.74) is 5.44. The second-order valence-electron chi connectivity index (χ2n) is 4.00. The van der Waals surface area contributed by atoms with E-state index in [4.69, 9.17) is 10.5 Å². The first kappa shape index (κ1) is 14.2. The molecule has 98 valence electrons. The number of rotatable bonds is 8. The van der Waals surface area contributed by atoms with Gasteiger partial charge in [0.1, 0.15) is 0 Å². The van der Waals surface area contributed by atoms with E-state index in [2.05, 4.69) is 10.3 Å². The van der Waals surface area contributed by atoms with Crippen LogP contribution in [0, 0.1) is 0 Å². The number of hydrogen-bond acceptors (Lipinski definition) is 6. The first-order valence-corrected chi connectivity index (χ1v) is 6.62. The van der Waals surface area contributed by atoms with E-state index in [1.165, 1.54) is 0 Å². The van der Waals surface area contributed by atoms with Crippen molar-refractivity contribution in [3.8, 4) is 5.88 Å². The van der Waals surface area contributed by atoms with E-state index in [1.807, 2.05) is 19.0 Å². The number of nitrogens with one attached hydrogen (secondary N) is 1. The van der Waals surface area contributed by atoms with Gasteiger partial charge in [0, 0.05) is 20.6 Å². The highest BCUT2D eigenvalue weighted by molar-refractivity contribution is 7.15. The first-order valence-electron chi connectivity index (χ1n) is 5.80. The zero-order chi connectivity index (χ0) is 12.7. The van der Waals surface area contributed by atoms with Gasteiger partial charge in [-0.15, -0.1) is 0 Å². The minimum atomic E-state index is 0.727. The van der Waals surface area contributed by atoms with Crippen LogP contribution >= 0.6 is 11.3 Å². The van der Waals surface area contributed by atoms with E-state index in [0.717, 1.165) is 48.4 Å². The maximum absolute atomic E-state index is 5.44. The van der Waals surface area contributed by atoms with Crippen LogP contribution in [0.4, 0.5) is 5.13 Å². The van der Waals surface area contributed by atoms with Gasteiger partial charge in [0.25, 0.3) is 0 Å². The van der Waals surface area contributed by atoms with Crippen molar-refractivity contribution in [2.24, 2.45) is 5.73 Å². The Labute approximate surface area is 107 Å². The quantitative estimate of drug-likeness (QED) is 0.682. The molecule has 0 aliphatic carbocycles. The van der Waals surface area contributed by atoms with Gasteiger partial charge in [-0.25, -0.2) is 0 Å². The van der Waals surface area contributed by atoms with E-state index in [9.17, 15) is 0 Å². The van der Waals surface area contributed by atoms with Crippen LogP contribution in [0.25, 0.3) is 0 Å². The molecule has 0 spiro atoms. The molecule has 1 rings (SSSR count). The highest BCUT2D eigenvalue weighted by Gasteiger charge is 2.12. The predicted octanol–water partition coefficient (Wildman–Crippen LogP) is 1.05. The molecular weight excluding hydrogens is 236 g/mol. The first-order chi connectivity index (χ1) is 8.19. The van der Waals surface area contributed by atoms with Crippen molar-refractivity contribution in [2.75, 3.05) is 39.2 Å². The van der Waals surface area contributed by atoms with E-state index < -0.39 is 0 Å². The molecule has 0 saturated heterocycles. The molecule has 0 radical (unpaired) electrons. The van der Waals surface area contributed by atoms with Gasteiger partial charge >= 0.3 is 0 Å². The molecule has 0 unspecified atom stereocenters. The summed E-state index contributed by atoms with van der Waals surface area (Å²) in [5.74, 6) is 0.727. The smallest absolute Gasteiger partial charge is 0.230 e. The Morgan fingerprint density at radius 1 is 1.41 bits per heavy atom. The van der Waals surface area contributed by atoms with Gasteiger partial charge in [0.15, 0.2) is 5.13 Å². The van der Waals surface area contributed by atoms with E-state index in [0.29, 0.717) is 0 Å². The van der Waals surface area contributed by atoms with Crippen molar-refractivity contribution in [1.82, 2.24) is 10.3 Å². The molecule has 1 heterocycles. The SMILES string of the molecule is COc1nc(N(C)C)sc1CNCCCCN. The Morgan fingerprint density at radius 2 is 2.18 bits per heavy atom. The second-order valence-corrected chi connectivity index (χ2v) is 5.06. The van der Waals surface area contributed by atoms with Gasteiger partial charge < -0.3 is 20.7 Å². The van der Waals surface area contributed by atoms with Crippen LogP contribution in [-0.2, 0) is 6.54 Å². The lowest BCUT2D eigenvalue weighted by Gasteiger charge is -2.05. The number of nitrogens with two attached hydrogens (primary N) is 1. The van der Waals surface area contributed by atoms with Gasteiger partial charge in [-0.2, -0.15) is 4.98 Å². The average molecular weight is 258 g/mol. The Bertz CT molecular complexity index is 327. The molecular formula is C11H22N4OS. The van der Waals surface area contributed by atoms with Crippen LogP contribution in [0.15, 0.2) is 0 Å². The minimum absolute atomic E-state index is 0.727. The molecule has 5 nitrogen and oxygen atoms in total. The molecule has 0 aliphatic heterocycles. The lowest BCUT2D eigenvalue weighted by atomic mass is 10.3.